The Hall–Kier alpha value is -1.56. The van der Waals surface area contributed by atoms with Crippen LogP contribution in [0.4, 0.5) is 11.6 Å². The highest BCUT2D eigenvalue weighted by Gasteiger charge is 2.15. The predicted molar refractivity (Wildman–Crippen MR) is 81.7 cm³/mol. The van der Waals surface area contributed by atoms with Gasteiger partial charge in [-0.2, -0.15) is 0 Å². The molecule has 0 aliphatic carbocycles. The first kappa shape index (κ1) is 16.5. The Labute approximate surface area is 121 Å². The average molecular weight is 282 g/mol. The van der Waals surface area contributed by atoms with Gasteiger partial charge in [-0.15, -0.1) is 0 Å². The van der Waals surface area contributed by atoms with Crippen LogP contribution >= 0.6 is 0 Å². The van der Waals surface area contributed by atoms with Crippen LogP contribution in [-0.4, -0.2) is 49.9 Å². The summed E-state index contributed by atoms with van der Waals surface area (Å²) in [7, 11) is 3.61. The Bertz CT molecular complexity index is 399. The van der Waals surface area contributed by atoms with Gasteiger partial charge in [0.1, 0.15) is 6.33 Å². The number of rotatable bonds is 9. The van der Waals surface area contributed by atoms with Gasteiger partial charge in [0.15, 0.2) is 11.6 Å². The minimum atomic E-state index is 0.234. The SMILES string of the molecule is CCCNc1ncnc(N(C)CCOC(C)C)c1OC. The van der Waals surface area contributed by atoms with E-state index in [9.17, 15) is 0 Å². The largest absolute Gasteiger partial charge is 0.490 e. The molecule has 6 nitrogen and oxygen atoms in total. The van der Waals surface area contributed by atoms with E-state index < -0.39 is 0 Å². The van der Waals surface area contributed by atoms with Crippen molar-refractivity contribution in [1.82, 2.24) is 9.97 Å². The second-order valence-corrected chi connectivity index (χ2v) is 4.85. The molecule has 1 aromatic heterocycles. The summed E-state index contributed by atoms with van der Waals surface area (Å²) in [5.41, 5.74) is 0. The summed E-state index contributed by atoms with van der Waals surface area (Å²) >= 11 is 0. The van der Waals surface area contributed by atoms with Crippen molar-refractivity contribution in [2.45, 2.75) is 33.3 Å². The van der Waals surface area contributed by atoms with E-state index in [1.807, 2.05) is 25.8 Å². The first-order valence-corrected chi connectivity index (χ1v) is 7.05. The molecule has 0 fully saturated rings. The highest BCUT2D eigenvalue weighted by Crippen LogP contribution is 2.30. The van der Waals surface area contributed by atoms with E-state index in [1.54, 1.807) is 13.4 Å². The Balaban J connectivity index is 2.76. The number of hydrogen-bond donors (Lipinski definition) is 1. The molecule has 1 rings (SSSR count). The first-order chi connectivity index (χ1) is 9.60. The van der Waals surface area contributed by atoms with Gasteiger partial charge in [-0.1, -0.05) is 6.92 Å². The third-order valence-electron chi connectivity index (χ3n) is 2.77. The quantitative estimate of drug-likeness (QED) is 0.749. The summed E-state index contributed by atoms with van der Waals surface area (Å²) in [6.07, 6.45) is 2.81. The van der Waals surface area contributed by atoms with Crippen molar-refractivity contribution in [1.29, 1.82) is 0 Å². The number of ether oxygens (including phenoxy) is 2. The van der Waals surface area contributed by atoms with E-state index >= 15 is 0 Å². The van der Waals surface area contributed by atoms with Gasteiger partial charge >= 0.3 is 0 Å². The lowest BCUT2D eigenvalue weighted by atomic mass is 10.4. The van der Waals surface area contributed by atoms with Crippen LogP contribution in [0.2, 0.25) is 0 Å². The van der Waals surface area contributed by atoms with Crippen molar-refractivity contribution >= 4 is 11.6 Å². The van der Waals surface area contributed by atoms with Crippen LogP contribution in [0.1, 0.15) is 27.2 Å². The molecule has 0 radical (unpaired) electrons. The molecule has 0 spiro atoms. The third-order valence-corrected chi connectivity index (χ3v) is 2.77. The summed E-state index contributed by atoms with van der Waals surface area (Å²) < 4.78 is 11.0. The zero-order valence-electron chi connectivity index (χ0n) is 13.1. The van der Waals surface area contributed by atoms with Crippen molar-refractivity contribution in [3.63, 3.8) is 0 Å². The number of hydrogen-bond acceptors (Lipinski definition) is 6. The summed E-state index contributed by atoms with van der Waals surface area (Å²) in [6.45, 7) is 8.41. The van der Waals surface area contributed by atoms with E-state index in [1.165, 1.54) is 0 Å². The van der Waals surface area contributed by atoms with Gasteiger partial charge in [0, 0.05) is 20.1 Å². The fourth-order valence-electron chi connectivity index (χ4n) is 1.72. The maximum Gasteiger partial charge on any atom is 0.204 e. The van der Waals surface area contributed by atoms with Crippen LogP contribution < -0.4 is 15.0 Å². The molecule has 0 saturated carbocycles. The number of nitrogens with zero attached hydrogens (tertiary/aromatic N) is 3. The second kappa shape index (κ2) is 8.58. The van der Waals surface area contributed by atoms with Gasteiger partial charge in [-0.3, -0.25) is 0 Å². The monoisotopic (exact) mass is 282 g/mol. The molecular formula is C14H26N4O2. The third kappa shape index (κ3) is 4.85. The van der Waals surface area contributed by atoms with Crippen LogP contribution in [0.5, 0.6) is 5.75 Å². The van der Waals surface area contributed by atoms with Crippen molar-refractivity contribution in [3.8, 4) is 5.75 Å². The zero-order valence-corrected chi connectivity index (χ0v) is 13.1. The van der Waals surface area contributed by atoms with E-state index in [0.29, 0.717) is 12.4 Å². The van der Waals surface area contributed by atoms with Crippen molar-refractivity contribution < 1.29 is 9.47 Å². The molecule has 1 aromatic rings. The zero-order chi connectivity index (χ0) is 15.0. The fraction of sp³-hybridized carbons (Fsp3) is 0.714. The smallest absolute Gasteiger partial charge is 0.204 e. The first-order valence-electron chi connectivity index (χ1n) is 7.05. The number of nitrogens with one attached hydrogen (secondary N) is 1. The van der Waals surface area contributed by atoms with E-state index in [4.69, 9.17) is 9.47 Å². The normalized spacial score (nSPS) is 10.7. The van der Waals surface area contributed by atoms with E-state index in [2.05, 4.69) is 22.2 Å². The molecule has 0 amide bonds. The summed E-state index contributed by atoms with van der Waals surface area (Å²) in [5, 5.41) is 3.25. The summed E-state index contributed by atoms with van der Waals surface area (Å²) in [5.74, 6) is 2.18. The molecule has 114 valence electrons. The Morgan fingerprint density at radius 3 is 2.70 bits per heavy atom. The van der Waals surface area contributed by atoms with Crippen LogP contribution in [0.3, 0.4) is 0 Å². The minimum absolute atomic E-state index is 0.234. The lowest BCUT2D eigenvalue weighted by Crippen LogP contribution is -2.25. The molecule has 1 heterocycles. The number of likely N-dealkylation sites (N-methyl/N-ethyl adjacent to an activating group) is 1. The molecule has 6 heteroatoms. The average Bonchev–Trinajstić information content (AvgIpc) is 2.43. The lowest BCUT2D eigenvalue weighted by molar-refractivity contribution is 0.0845. The predicted octanol–water partition coefficient (Wildman–Crippen LogP) is 2.17. The van der Waals surface area contributed by atoms with Crippen molar-refractivity contribution in [3.05, 3.63) is 6.33 Å². The van der Waals surface area contributed by atoms with Crippen LogP contribution in [0.15, 0.2) is 6.33 Å². The number of aromatic nitrogens is 2. The van der Waals surface area contributed by atoms with Crippen LogP contribution in [0, 0.1) is 0 Å². The standard InChI is InChI=1S/C14H26N4O2/c1-6-7-15-13-12(19-5)14(17-10-16-13)18(4)8-9-20-11(2)3/h10-11H,6-9H2,1-5H3,(H,15,16,17). The molecule has 0 unspecified atom stereocenters. The minimum Gasteiger partial charge on any atom is -0.490 e. The van der Waals surface area contributed by atoms with Crippen molar-refractivity contribution in [2.24, 2.45) is 0 Å². The molecule has 0 bridgehead atoms. The van der Waals surface area contributed by atoms with E-state index in [-0.39, 0.29) is 6.10 Å². The maximum atomic E-state index is 5.56. The molecule has 0 aliphatic rings. The Kier molecular flexibility index (Phi) is 7.08. The summed E-state index contributed by atoms with van der Waals surface area (Å²) in [6, 6.07) is 0. The van der Waals surface area contributed by atoms with Gasteiger partial charge in [0.25, 0.3) is 0 Å². The number of methoxy groups -OCH3 is 1. The van der Waals surface area contributed by atoms with Gasteiger partial charge in [-0.25, -0.2) is 9.97 Å². The molecule has 0 aromatic carbocycles. The molecule has 0 aliphatic heterocycles. The van der Waals surface area contributed by atoms with Crippen LogP contribution in [0.25, 0.3) is 0 Å². The second-order valence-electron chi connectivity index (χ2n) is 4.85. The van der Waals surface area contributed by atoms with Crippen molar-refractivity contribution in [2.75, 3.05) is 44.1 Å². The van der Waals surface area contributed by atoms with Gasteiger partial charge in [0.05, 0.1) is 19.8 Å². The van der Waals surface area contributed by atoms with Gasteiger partial charge in [-0.05, 0) is 20.3 Å². The topological polar surface area (TPSA) is 59.5 Å². The van der Waals surface area contributed by atoms with Gasteiger partial charge < -0.3 is 19.7 Å². The number of anilines is 2. The Morgan fingerprint density at radius 2 is 2.10 bits per heavy atom. The molecular weight excluding hydrogens is 256 g/mol. The lowest BCUT2D eigenvalue weighted by Gasteiger charge is -2.22. The van der Waals surface area contributed by atoms with Crippen LogP contribution in [-0.2, 0) is 4.74 Å². The van der Waals surface area contributed by atoms with Gasteiger partial charge in [0.2, 0.25) is 5.75 Å². The highest BCUT2D eigenvalue weighted by atomic mass is 16.5. The highest BCUT2D eigenvalue weighted by molar-refractivity contribution is 5.64. The molecule has 0 saturated heterocycles. The summed E-state index contributed by atoms with van der Waals surface area (Å²) in [4.78, 5) is 10.6. The Morgan fingerprint density at radius 1 is 1.35 bits per heavy atom. The van der Waals surface area contributed by atoms with E-state index in [0.717, 1.165) is 31.1 Å². The molecule has 0 atom stereocenters. The maximum absolute atomic E-state index is 5.56. The molecule has 1 N–H and O–H groups in total. The molecule has 20 heavy (non-hydrogen) atoms. The fourth-order valence-corrected chi connectivity index (χ4v) is 1.72.